The molecule has 30 heteroatoms. The number of hydrogen-bond donors (Lipinski definition) is 4. The third kappa shape index (κ3) is 20.7. The van der Waals surface area contributed by atoms with Gasteiger partial charge >= 0.3 is 38.2 Å². The average molecular weight is 1410 g/mol. The molecule has 0 radical (unpaired) electrons. The first kappa shape index (κ1) is 73.3. The second-order valence-corrected chi connectivity index (χ2v) is 24.0. The van der Waals surface area contributed by atoms with Crippen LogP contribution in [0.2, 0.25) is 0 Å². The number of carbonyl (C=O) groups excluding carboxylic acids is 2. The molecule has 6 N–H and O–H groups in total. The zero-order valence-corrected chi connectivity index (χ0v) is 55.8. The maximum atomic E-state index is 15.2. The molecule has 2 amide bonds. The van der Waals surface area contributed by atoms with Crippen molar-refractivity contribution in [3.8, 4) is 46.1 Å². The normalized spacial score (nSPS) is 14.1. The smallest absolute Gasteiger partial charge is 0.444 e. The Labute approximate surface area is 573 Å². The first-order chi connectivity index (χ1) is 44.9. The summed E-state index contributed by atoms with van der Waals surface area (Å²) in [5.41, 5.74) is 12.3. The number of ether oxygens (including phenoxy) is 5. The molecule has 7 aromatic heterocycles. The van der Waals surface area contributed by atoms with E-state index in [0.29, 0.717) is 72.3 Å². The Morgan fingerprint density at radius 3 is 1.46 bits per heavy atom. The fourth-order valence-electron chi connectivity index (χ4n) is 9.12. The van der Waals surface area contributed by atoms with E-state index in [0.717, 1.165) is 21.9 Å². The van der Waals surface area contributed by atoms with Gasteiger partial charge in [0.2, 0.25) is 35.5 Å². The van der Waals surface area contributed by atoms with Crippen LogP contribution in [-0.4, -0.2) is 131 Å². The van der Waals surface area contributed by atoms with Crippen LogP contribution in [-0.2, 0) is 9.47 Å². The molecule has 2 atom stereocenters. The molecule has 0 bridgehead atoms. The van der Waals surface area contributed by atoms with Crippen LogP contribution in [0.4, 0.5) is 34.4 Å². The summed E-state index contributed by atoms with van der Waals surface area (Å²) in [6, 6.07) is 36.9. The first-order valence-corrected chi connectivity index (χ1v) is 30.8. The summed E-state index contributed by atoms with van der Waals surface area (Å²) in [6.45, 7) is 18.8. The van der Waals surface area contributed by atoms with Crippen molar-refractivity contribution in [1.82, 2.24) is 64.2 Å². The van der Waals surface area contributed by atoms with Crippen molar-refractivity contribution in [1.29, 1.82) is 0 Å². The van der Waals surface area contributed by atoms with Gasteiger partial charge in [0.1, 0.15) is 62.1 Å². The van der Waals surface area contributed by atoms with Crippen molar-refractivity contribution in [2.24, 2.45) is 0 Å². The molecule has 2 saturated heterocycles. The number of aromatic nitrogens is 11. The largest absolute Gasteiger partial charge is 1.00 e. The Bertz CT molecular complexity index is 4140. The predicted octanol–water partition coefficient (Wildman–Crippen LogP) is 9.11. The fraction of sp³-hybridized carbons (Fsp3) is 0.292. The van der Waals surface area contributed by atoms with E-state index in [9.17, 15) is 18.4 Å². The molecule has 24 nitrogen and oxygen atoms in total. The number of pyridine rings is 3. The van der Waals surface area contributed by atoms with Crippen LogP contribution in [0, 0.1) is 28.5 Å². The van der Waals surface area contributed by atoms with Gasteiger partial charge < -0.3 is 61.9 Å². The number of amides is 2. The summed E-state index contributed by atoms with van der Waals surface area (Å²) < 4.78 is 72.6. The number of rotatable bonds is 11. The third-order valence-corrected chi connectivity index (χ3v) is 14.2. The first-order valence-electron chi connectivity index (χ1n) is 29.8. The van der Waals surface area contributed by atoms with Gasteiger partial charge in [0.25, 0.3) is 0 Å². The number of benzene rings is 3. The van der Waals surface area contributed by atoms with Crippen LogP contribution in [0.3, 0.4) is 0 Å². The maximum absolute atomic E-state index is 15.2. The minimum Gasteiger partial charge on any atom is -0.444 e. The number of para-hydroxylation sites is 3. The van der Waals surface area contributed by atoms with Crippen LogP contribution in [0.15, 0.2) is 146 Å². The summed E-state index contributed by atoms with van der Waals surface area (Å²) in [4.78, 5) is 55.9. The summed E-state index contributed by atoms with van der Waals surface area (Å²) in [5, 5.41) is 28.1. The van der Waals surface area contributed by atoms with Gasteiger partial charge in [-0.15, -0.1) is 0 Å². The molecule has 492 valence electrons. The number of hydrogen-bond acceptors (Lipinski definition) is 20. The van der Waals surface area contributed by atoms with Gasteiger partial charge in [-0.3, -0.25) is 0 Å². The molecule has 95 heavy (non-hydrogen) atoms. The molecule has 9 heterocycles. The molecule has 3 aromatic carbocycles. The average Bonchev–Trinajstić information content (AvgIpc) is 1.62. The molecule has 0 saturated carbocycles. The van der Waals surface area contributed by atoms with Crippen molar-refractivity contribution < 1.29 is 75.4 Å². The fourth-order valence-corrected chi connectivity index (χ4v) is 9.87. The summed E-state index contributed by atoms with van der Waals surface area (Å²) in [6.07, 6.45) is 5.80. The second kappa shape index (κ2) is 33.8. The standard InChI is InChI=1S/C25H26FN7O3.C14H19IN6O2.C11H9BFNO3.C11H8FNO.C4H9.Li/c1-25(2,3)36-24(34)32-12-11-15(13-32)33-23-19(22(27)28-14-29-23)20(31-33)17-9-10-18(30-21(17)26)35-16-7-5-4-6-8-16;1-14(2,3)23-13(22)20-5-4-8(6-20)21-12-9(10(15)19-21)11(16)17-7-18-12;13-11-9(12(15)16)6-7-10(14-11)17-8-4-2-1-3-5-8;12-10-7-4-8-11(13-10)14-9-5-2-1-3-6-9;1-3-4-2;/h4-10,14-15H,11-13H2,1-3H3,(H2,27,28,29);7-8H,4-6H2,1-3H3,(H2,16,17,18);1-7,15-16H;1-8H;1,3-4H2,2H3;/q;;;;-1;+1/t15-;8-;;;;/m00..../s1. The summed E-state index contributed by atoms with van der Waals surface area (Å²) >= 11 is 2.13. The molecular weight excluding hydrogens is 1340 g/mol. The molecule has 2 aliphatic heterocycles. The second-order valence-electron chi connectivity index (χ2n) is 23.0. The van der Waals surface area contributed by atoms with E-state index in [-0.39, 0.29) is 83.3 Å². The number of anilines is 2. The predicted molar refractivity (Wildman–Crippen MR) is 356 cm³/mol. The summed E-state index contributed by atoms with van der Waals surface area (Å²) in [7, 11) is -1.88. The molecule has 0 spiro atoms. The number of nitrogens with two attached hydrogens (primary N) is 2. The zero-order chi connectivity index (χ0) is 67.7. The van der Waals surface area contributed by atoms with Crippen LogP contribution < -0.4 is 50.0 Å². The quantitative estimate of drug-likeness (QED) is 0.0406. The van der Waals surface area contributed by atoms with E-state index in [1.54, 1.807) is 87.3 Å². The van der Waals surface area contributed by atoms with Gasteiger partial charge in [-0.1, -0.05) is 80.1 Å². The zero-order valence-electron chi connectivity index (χ0n) is 53.7. The van der Waals surface area contributed by atoms with E-state index in [1.165, 1.54) is 37.3 Å². The molecule has 12 rings (SSSR count). The minimum absolute atomic E-state index is 0. The van der Waals surface area contributed by atoms with Gasteiger partial charge in [-0.05, 0) is 126 Å². The SMILES string of the molecule is CC(C)(C)OC(=O)N1CC[C@H](n2nc(-c3ccc(Oc4ccccc4)nc3F)c3c(N)ncnc32)C1.CC(C)(C)OC(=O)N1CC[C@H](n2nc(I)c3c(N)ncnc32)C1.Fc1cccc(Oc2ccccc2)n1.OB(O)c1ccc(Oc2ccccc2)nc1F.[CH2-]CCC.[Li+]. The molecule has 2 fully saturated rings. The topological polar surface area (TPSA) is 305 Å². The Morgan fingerprint density at radius 1 is 0.600 bits per heavy atom. The van der Waals surface area contributed by atoms with E-state index in [4.69, 9.17) is 45.2 Å². The Hall–Kier alpha value is -9.15. The van der Waals surface area contributed by atoms with Gasteiger partial charge in [0.05, 0.1) is 28.4 Å². The number of unbranched alkanes of at least 4 members (excludes halogenated alkanes) is 1. The number of fused-ring (bicyclic) bond motifs is 2. The van der Waals surface area contributed by atoms with Crippen molar-refractivity contribution in [2.75, 3.05) is 37.6 Å². The van der Waals surface area contributed by atoms with Gasteiger partial charge in [0, 0.05) is 49.8 Å². The van der Waals surface area contributed by atoms with Crippen LogP contribution in [0.5, 0.6) is 34.9 Å². The molecule has 0 unspecified atom stereocenters. The number of likely N-dealkylation sites (tertiary alicyclic amines) is 2. The molecule has 10 aromatic rings. The van der Waals surface area contributed by atoms with Crippen molar-refractivity contribution in [3.63, 3.8) is 0 Å². The van der Waals surface area contributed by atoms with Gasteiger partial charge in [-0.25, -0.2) is 38.9 Å². The molecule has 0 aliphatic carbocycles. The Morgan fingerprint density at radius 2 is 1.03 bits per heavy atom. The van der Waals surface area contributed by atoms with Gasteiger partial charge in [0.15, 0.2) is 11.3 Å². The van der Waals surface area contributed by atoms with E-state index >= 15 is 4.39 Å². The van der Waals surface area contributed by atoms with Crippen LogP contribution in [0.1, 0.15) is 86.2 Å². The third-order valence-electron chi connectivity index (χ3n) is 13.5. The monoisotopic (exact) mass is 1410 g/mol. The van der Waals surface area contributed by atoms with Crippen LogP contribution >= 0.6 is 22.6 Å². The van der Waals surface area contributed by atoms with E-state index in [2.05, 4.69) is 81.5 Å². The number of nitrogens with zero attached hydrogens (tertiary/aromatic N) is 13. The Balaban J connectivity index is 0.000000186. The molecular formula is C65H71BF3ILiN15O9. The number of halogens is 4. The van der Waals surface area contributed by atoms with Crippen molar-refractivity contribution in [3.05, 3.63) is 175 Å². The van der Waals surface area contributed by atoms with Crippen LogP contribution in [0.25, 0.3) is 33.3 Å². The van der Waals surface area contributed by atoms with Crippen molar-refractivity contribution >= 4 is 81.1 Å². The number of nitrogen functional groups attached to an aromatic ring is 2. The van der Waals surface area contributed by atoms with E-state index in [1.807, 2.05) is 88.7 Å². The molecule has 2 aliphatic rings. The van der Waals surface area contributed by atoms with Gasteiger partial charge in [-0.2, -0.15) is 44.7 Å². The van der Waals surface area contributed by atoms with Crippen molar-refractivity contribution in [2.45, 2.75) is 97.4 Å². The summed E-state index contributed by atoms with van der Waals surface area (Å²) in [5.74, 6) is 0.461. The minimum atomic E-state index is -1.88. The maximum Gasteiger partial charge on any atom is 1.00 e. The number of carbonyl (C=O) groups is 2. The van der Waals surface area contributed by atoms with E-state index < -0.39 is 36.2 Å². The Kier molecular flexibility index (Phi) is 26.1.